The second-order valence-electron chi connectivity index (χ2n) is 7.17. The van der Waals surface area contributed by atoms with Gasteiger partial charge in [0, 0.05) is 13.1 Å². The van der Waals surface area contributed by atoms with Crippen molar-refractivity contribution >= 4 is 54.1 Å². The van der Waals surface area contributed by atoms with E-state index >= 15 is 0 Å². The summed E-state index contributed by atoms with van der Waals surface area (Å²) >= 11 is 3.00. The van der Waals surface area contributed by atoms with E-state index in [1.807, 2.05) is 38.4 Å². The highest BCUT2D eigenvalue weighted by atomic mass is 32.1. The molecule has 0 atom stereocenters. The van der Waals surface area contributed by atoms with Crippen molar-refractivity contribution in [2.75, 3.05) is 32.1 Å². The van der Waals surface area contributed by atoms with E-state index < -0.39 is 0 Å². The highest BCUT2D eigenvalue weighted by Gasteiger charge is 2.24. The van der Waals surface area contributed by atoms with Crippen molar-refractivity contribution in [3.8, 4) is 0 Å². The zero-order valence-electron chi connectivity index (χ0n) is 16.4. The molecule has 0 N–H and O–H groups in total. The van der Waals surface area contributed by atoms with Gasteiger partial charge < -0.3 is 4.90 Å². The van der Waals surface area contributed by atoms with Crippen LogP contribution in [0.4, 0.5) is 5.13 Å². The van der Waals surface area contributed by atoms with Gasteiger partial charge in [0.1, 0.15) is 0 Å². The monoisotopic (exact) mass is 410 g/mol. The quantitative estimate of drug-likeness (QED) is 0.477. The van der Waals surface area contributed by atoms with Crippen LogP contribution >= 0.6 is 22.7 Å². The summed E-state index contributed by atoms with van der Waals surface area (Å²) in [4.78, 5) is 26.6. The molecule has 0 saturated heterocycles. The number of carbonyl (C=O) groups is 1. The van der Waals surface area contributed by atoms with E-state index in [0.29, 0.717) is 11.6 Å². The average Bonchev–Trinajstić information content (AvgIpc) is 3.25. The van der Waals surface area contributed by atoms with Gasteiger partial charge >= 0.3 is 0 Å². The minimum Gasteiger partial charge on any atom is -0.308 e. The van der Waals surface area contributed by atoms with E-state index in [2.05, 4.69) is 35.9 Å². The van der Waals surface area contributed by atoms with Crippen LogP contribution < -0.4 is 4.90 Å². The van der Waals surface area contributed by atoms with Crippen LogP contribution in [0.25, 0.3) is 20.4 Å². The zero-order valence-corrected chi connectivity index (χ0v) is 18.0. The predicted molar refractivity (Wildman–Crippen MR) is 119 cm³/mol. The summed E-state index contributed by atoms with van der Waals surface area (Å²) in [5.74, 6) is -0.0866. The van der Waals surface area contributed by atoms with Crippen molar-refractivity contribution < 1.29 is 4.79 Å². The number of likely N-dealkylation sites (N-methyl/N-ethyl adjacent to an activating group) is 1. The molecule has 0 spiro atoms. The van der Waals surface area contributed by atoms with Crippen molar-refractivity contribution in [3.05, 3.63) is 52.5 Å². The molecule has 28 heavy (non-hydrogen) atoms. The van der Waals surface area contributed by atoms with Crippen LogP contribution in [0, 0.1) is 13.8 Å². The maximum absolute atomic E-state index is 13.4. The Kier molecular flexibility index (Phi) is 5.14. The summed E-state index contributed by atoms with van der Waals surface area (Å²) in [7, 11) is 4.01. The second-order valence-corrected chi connectivity index (χ2v) is 9.21. The first kappa shape index (κ1) is 19.0. The van der Waals surface area contributed by atoms with Crippen LogP contribution in [-0.2, 0) is 0 Å². The highest BCUT2D eigenvalue weighted by Crippen LogP contribution is 2.33. The molecule has 0 saturated carbocycles. The third kappa shape index (κ3) is 3.65. The van der Waals surface area contributed by atoms with Gasteiger partial charge in [0.15, 0.2) is 10.1 Å². The van der Waals surface area contributed by atoms with Crippen molar-refractivity contribution in [1.82, 2.24) is 14.9 Å². The van der Waals surface area contributed by atoms with Gasteiger partial charge in [0.2, 0.25) is 0 Å². The molecular formula is C21H22N4OS2. The predicted octanol–water partition coefficient (Wildman–Crippen LogP) is 4.73. The number of aryl methyl sites for hydroxylation is 2. The molecule has 0 aliphatic carbocycles. The third-order valence-corrected chi connectivity index (χ3v) is 6.59. The Morgan fingerprint density at radius 1 is 1.00 bits per heavy atom. The summed E-state index contributed by atoms with van der Waals surface area (Å²) in [6.07, 6.45) is 0. The maximum Gasteiger partial charge on any atom is 0.289 e. The summed E-state index contributed by atoms with van der Waals surface area (Å²) in [5.41, 5.74) is 4.17. The Bertz CT molecular complexity index is 1130. The molecule has 0 aliphatic rings. The van der Waals surface area contributed by atoms with Crippen molar-refractivity contribution in [3.63, 3.8) is 0 Å². The normalized spacial score (nSPS) is 11.6. The van der Waals surface area contributed by atoms with Gasteiger partial charge in [-0.3, -0.25) is 9.69 Å². The summed E-state index contributed by atoms with van der Waals surface area (Å²) < 4.78 is 2.13. The fraction of sp³-hybridized carbons (Fsp3) is 0.286. The second kappa shape index (κ2) is 7.58. The van der Waals surface area contributed by atoms with Gasteiger partial charge in [-0.2, -0.15) is 0 Å². The third-order valence-electron chi connectivity index (χ3n) is 4.54. The van der Waals surface area contributed by atoms with Gasteiger partial charge in [-0.15, -0.1) is 11.3 Å². The van der Waals surface area contributed by atoms with E-state index in [1.165, 1.54) is 16.9 Å². The lowest BCUT2D eigenvalue weighted by molar-refractivity contribution is 0.0985. The van der Waals surface area contributed by atoms with Crippen molar-refractivity contribution in [1.29, 1.82) is 0 Å². The van der Waals surface area contributed by atoms with Crippen LogP contribution in [0.1, 0.15) is 20.9 Å². The number of hydrogen-bond donors (Lipinski definition) is 0. The maximum atomic E-state index is 13.4. The fourth-order valence-corrected chi connectivity index (χ4v) is 5.22. The fourth-order valence-electron chi connectivity index (χ4n) is 3.14. The molecule has 2 aromatic heterocycles. The molecular weight excluding hydrogens is 388 g/mol. The van der Waals surface area contributed by atoms with Crippen LogP contribution in [0.5, 0.6) is 0 Å². The Morgan fingerprint density at radius 3 is 2.54 bits per heavy atom. The molecule has 2 heterocycles. The number of nitrogens with zero attached hydrogens (tertiary/aromatic N) is 4. The van der Waals surface area contributed by atoms with Gasteiger partial charge in [0.25, 0.3) is 5.91 Å². The molecule has 0 radical (unpaired) electrons. The molecule has 0 bridgehead atoms. The molecule has 0 fully saturated rings. The molecule has 144 valence electrons. The zero-order chi connectivity index (χ0) is 19.8. The van der Waals surface area contributed by atoms with Gasteiger partial charge in [0.05, 0.1) is 20.4 Å². The number of fused-ring (bicyclic) bond motifs is 2. The number of benzene rings is 2. The first-order valence-electron chi connectivity index (χ1n) is 9.12. The van der Waals surface area contributed by atoms with Gasteiger partial charge in [-0.25, -0.2) is 9.97 Å². The lowest BCUT2D eigenvalue weighted by Gasteiger charge is -2.20. The van der Waals surface area contributed by atoms with Gasteiger partial charge in [-0.05, 0) is 57.3 Å². The molecule has 5 nitrogen and oxygen atoms in total. The minimum absolute atomic E-state index is 0.0866. The van der Waals surface area contributed by atoms with Crippen LogP contribution in [-0.4, -0.2) is 48.0 Å². The number of aromatic nitrogens is 2. The first-order chi connectivity index (χ1) is 13.4. The van der Waals surface area contributed by atoms with E-state index in [4.69, 9.17) is 4.98 Å². The number of amides is 1. The SMILES string of the molecule is Cc1cc(C)c2nc(N(CCN(C)C)C(=O)c3nc4ccccc4s3)sc2c1. The van der Waals surface area contributed by atoms with Crippen LogP contribution in [0.15, 0.2) is 36.4 Å². The molecule has 4 aromatic rings. The minimum atomic E-state index is -0.0866. The molecule has 7 heteroatoms. The molecule has 0 aliphatic heterocycles. The Balaban J connectivity index is 1.76. The number of hydrogen-bond acceptors (Lipinski definition) is 6. The van der Waals surface area contributed by atoms with Crippen molar-refractivity contribution in [2.24, 2.45) is 0 Å². The first-order valence-corrected chi connectivity index (χ1v) is 10.8. The average molecular weight is 411 g/mol. The topological polar surface area (TPSA) is 49.3 Å². The van der Waals surface area contributed by atoms with E-state index in [9.17, 15) is 4.79 Å². The number of carbonyl (C=O) groups excluding carboxylic acids is 1. The summed E-state index contributed by atoms with van der Waals surface area (Å²) in [5, 5.41) is 1.24. The van der Waals surface area contributed by atoms with E-state index in [0.717, 1.165) is 37.7 Å². The lowest BCUT2D eigenvalue weighted by atomic mass is 10.1. The molecule has 2 aromatic carbocycles. The molecule has 0 unspecified atom stereocenters. The molecule has 4 rings (SSSR count). The van der Waals surface area contributed by atoms with E-state index in [-0.39, 0.29) is 5.91 Å². The van der Waals surface area contributed by atoms with Crippen LogP contribution in [0.3, 0.4) is 0 Å². The molecule has 1 amide bonds. The smallest absolute Gasteiger partial charge is 0.289 e. The Morgan fingerprint density at radius 2 is 1.79 bits per heavy atom. The number of rotatable bonds is 5. The highest BCUT2D eigenvalue weighted by molar-refractivity contribution is 7.23. The standard InChI is InChI=1S/C21H22N4OS2/c1-13-11-14(2)18-17(12-13)28-21(23-18)25(10-9-24(3)4)20(26)19-22-15-7-5-6-8-16(15)27-19/h5-8,11-12H,9-10H2,1-4H3. The Hall–Kier alpha value is -2.35. The van der Waals surface area contributed by atoms with E-state index in [1.54, 1.807) is 16.2 Å². The largest absolute Gasteiger partial charge is 0.308 e. The summed E-state index contributed by atoms with van der Waals surface area (Å²) in [6, 6.07) is 12.1. The Labute approximate surface area is 172 Å². The van der Waals surface area contributed by atoms with Crippen molar-refractivity contribution in [2.45, 2.75) is 13.8 Å². The number of anilines is 1. The lowest BCUT2D eigenvalue weighted by Crippen LogP contribution is -2.36. The number of para-hydroxylation sites is 1. The van der Waals surface area contributed by atoms with Gasteiger partial charge in [-0.1, -0.05) is 29.5 Å². The summed E-state index contributed by atoms with van der Waals surface area (Å²) in [6.45, 7) is 5.48. The number of thiazole rings is 2. The van der Waals surface area contributed by atoms with Crippen LogP contribution in [0.2, 0.25) is 0 Å².